The predicted molar refractivity (Wildman–Crippen MR) is 67.2 cm³/mol. The van der Waals surface area contributed by atoms with Crippen molar-refractivity contribution >= 4 is 5.82 Å². The molecule has 0 radical (unpaired) electrons. The monoisotopic (exact) mass is 212 g/mol. The molecule has 2 nitrogen and oxygen atoms in total. The quantitative estimate of drug-likeness (QED) is 0.849. The minimum Gasteiger partial charge on any atom is -0.384 e. The van der Waals surface area contributed by atoms with E-state index in [1.807, 2.05) is 18.3 Å². The number of benzene rings is 1. The molecule has 2 heteroatoms. The minimum absolute atomic E-state index is 0.583. The molecule has 0 fully saturated rings. The number of aryl methyl sites for hydroxylation is 3. The lowest BCUT2D eigenvalue weighted by Gasteiger charge is -2.03. The number of pyridine rings is 1. The van der Waals surface area contributed by atoms with E-state index in [4.69, 9.17) is 5.73 Å². The van der Waals surface area contributed by atoms with Gasteiger partial charge in [-0.25, -0.2) is 4.98 Å². The van der Waals surface area contributed by atoms with Crippen molar-refractivity contribution in [2.45, 2.75) is 19.8 Å². The van der Waals surface area contributed by atoms with Gasteiger partial charge in [0.2, 0.25) is 0 Å². The lowest BCUT2D eigenvalue weighted by molar-refractivity contribution is 0.949. The largest absolute Gasteiger partial charge is 0.384 e. The van der Waals surface area contributed by atoms with Crippen LogP contribution < -0.4 is 5.73 Å². The molecule has 0 bridgehead atoms. The first-order valence-electron chi connectivity index (χ1n) is 5.50. The molecule has 0 unspecified atom stereocenters. The highest BCUT2D eigenvalue weighted by molar-refractivity contribution is 5.30. The fourth-order valence-corrected chi connectivity index (χ4v) is 1.74. The van der Waals surface area contributed by atoms with E-state index in [1.54, 1.807) is 0 Å². The van der Waals surface area contributed by atoms with Gasteiger partial charge in [0.25, 0.3) is 0 Å². The Morgan fingerprint density at radius 1 is 1.06 bits per heavy atom. The van der Waals surface area contributed by atoms with Gasteiger partial charge in [-0.15, -0.1) is 0 Å². The van der Waals surface area contributed by atoms with Crippen LogP contribution in [0, 0.1) is 6.92 Å². The van der Waals surface area contributed by atoms with Crippen LogP contribution in [0.2, 0.25) is 0 Å². The second-order valence-electron chi connectivity index (χ2n) is 4.08. The molecular weight excluding hydrogens is 196 g/mol. The van der Waals surface area contributed by atoms with Gasteiger partial charge in [0, 0.05) is 6.20 Å². The Morgan fingerprint density at radius 3 is 2.56 bits per heavy atom. The molecule has 2 N–H and O–H groups in total. The molecule has 2 rings (SSSR count). The van der Waals surface area contributed by atoms with Gasteiger partial charge in [-0.1, -0.05) is 35.9 Å². The number of aromatic nitrogens is 1. The van der Waals surface area contributed by atoms with Gasteiger partial charge in [-0.05, 0) is 37.0 Å². The van der Waals surface area contributed by atoms with Crippen molar-refractivity contribution in [1.82, 2.24) is 4.98 Å². The van der Waals surface area contributed by atoms with E-state index in [2.05, 4.69) is 36.2 Å². The average molecular weight is 212 g/mol. The summed E-state index contributed by atoms with van der Waals surface area (Å²) in [6.07, 6.45) is 3.91. The summed E-state index contributed by atoms with van der Waals surface area (Å²) in [5.74, 6) is 0.583. The van der Waals surface area contributed by atoms with Crippen molar-refractivity contribution in [3.63, 3.8) is 0 Å². The fraction of sp³-hybridized carbons (Fsp3) is 0.214. The first-order chi connectivity index (χ1) is 7.74. The molecule has 1 aromatic heterocycles. The van der Waals surface area contributed by atoms with Crippen molar-refractivity contribution in [2.75, 3.05) is 5.73 Å². The molecule has 0 atom stereocenters. The molecule has 0 saturated heterocycles. The molecule has 0 saturated carbocycles. The van der Waals surface area contributed by atoms with Crippen LogP contribution in [0.25, 0.3) is 0 Å². The van der Waals surface area contributed by atoms with Crippen LogP contribution in [0.15, 0.2) is 42.6 Å². The summed E-state index contributed by atoms with van der Waals surface area (Å²) in [5, 5.41) is 0. The average Bonchev–Trinajstić information content (AvgIpc) is 2.28. The summed E-state index contributed by atoms with van der Waals surface area (Å²) in [6, 6.07) is 12.5. The highest BCUT2D eigenvalue weighted by Gasteiger charge is 1.96. The van der Waals surface area contributed by atoms with Gasteiger partial charge >= 0.3 is 0 Å². The van der Waals surface area contributed by atoms with E-state index >= 15 is 0 Å². The van der Waals surface area contributed by atoms with Gasteiger partial charge in [0.1, 0.15) is 5.82 Å². The molecule has 16 heavy (non-hydrogen) atoms. The molecule has 0 amide bonds. The molecule has 0 aliphatic carbocycles. The van der Waals surface area contributed by atoms with Crippen molar-refractivity contribution in [2.24, 2.45) is 0 Å². The van der Waals surface area contributed by atoms with Crippen molar-refractivity contribution in [3.05, 3.63) is 59.3 Å². The Labute approximate surface area is 96.1 Å². The third kappa shape index (κ3) is 2.83. The first kappa shape index (κ1) is 10.7. The van der Waals surface area contributed by atoms with E-state index in [1.165, 1.54) is 16.7 Å². The van der Waals surface area contributed by atoms with Crippen LogP contribution in [0.1, 0.15) is 16.7 Å². The maximum Gasteiger partial charge on any atom is 0.123 e. The number of rotatable bonds is 3. The third-order valence-electron chi connectivity index (χ3n) is 2.63. The summed E-state index contributed by atoms with van der Waals surface area (Å²) in [7, 11) is 0. The van der Waals surface area contributed by atoms with Crippen LogP contribution in [-0.4, -0.2) is 4.98 Å². The van der Waals surface area contributed by atoms with Gasteiger partial charge in [0.15, 0.2) is 0 Å². The highest BCUT2D eigenvalue weighted by atomic mass is 14.8. The van der Waals surface area contributed by atoms with E-state index in [-0.39, 0.29) is 0 Å². The van der Waals surface area contributed by atoms with E-state index < -0.39 is 0 Å². The highest BCUT2D eigenvalue weighted by Crippen LogP contribution is 2.09. The lowest BCUT2D eigenvalue weighted by atomic mass is 10.0. The third-order valence-corrected chi connectivity index (χ3v) is 2.63. The SMILES string of the molecule is Cc1cccc(CCc2ccc(N)nc2)c1. The Hall–Kier alpha value is -1.83. The molecule has 82 valence electrons. The maximum atomic E-state index is 5.54. The maximum absolute atomic E-state index is 5.54. The Bertz CT molecular complexity index is 460. The molecule has 0 spiro atoms. The number of nitrogen functional groups attached to an aromatic ring is 1. The Balaban J connectivity index is 1.99. The fourth-order valence-electron chi connectivity index (χ4n) is 1.74. The van der Waals surface area contributed by atoms with Crippen LogP contribution in [0.4, 0.5) is 5.82 Å². The lowest BCUT2D eigenvalue weighted by Crippen LogP contribution is -1.94. The number of hydrogen-bond acceptors (Lipinski definition) is 2. The van der Waals surface area contributed by atoms with Crippen LogP contribution in [0.5, 0.6) is 0 Å². The zero-order valence-corrected chi connectivity index (χ0v) is 9.48. The zero-order valence-electron chi connectivity index (χ0n) is 9.48. The topological polar surface area (TPSA) is 38.9 Å². The number of anilines is 1. The van der Waals surface area contributed by atoms with Gasteiger partial charge in [0.05, 0.1) is 0 Å². The predicted octanol–water partition coefficient (Wildman–Crippen LogP) is 2.76. The second-order valence-corrected chi connectivity index (χ2v) is 4.08. The Kier molecular flexibility index (Phi) is 3.20. The van der Waals surface area contributed by atoms with E-state index in [0.29, 0.717) is 5.82 Å². The molecule has 0 aliphatic heterocycles. The van der Waals surface area contributed by atoms with Gasteiger partial charge < -0.3 is 5.73 Å². The molecule has 1 heterocycles. The zero-order chi connectivity index (χ0) is 11.4. The van der Waals surface area contributed by atoms with Crippen molar-refractivity contribution in [1.29, 1.82) is 0 Å². The van der Waals surface area contributed by atoms with Gasteiger partial charge in [-0.2, -0.15) is 0 Å². The summed E-state index contributed by atoms with van der Waals surface area (Å²) in [4.78, 5) is 4.09. The summed E-state index contributed by atoms with van der Waals surface area (Å²) >= 11 is 0. The number of nitrogens with zero attached hydrogens (tertiary/aromatic N) is 1. The number of nitrogens with two attached hydrogens (primary N) is 1. The van der Waals surface area contributed by atoms with Crippen LogP contribution in [0.3, 0.4) is 0 Å². The van der Waals surface area contributed by atoms with Crippen molar-refractivity contribution in [3.8, 4) is 0 Å². The number of hydrogen-bond donors (Lipinski definition) is 1. The second kappa shape index (κ2) is 4.79. The van der Waals surface area contributed by atoms with Crippen LogP contribution in [-0.2, 0) is 12.8 Å². The summed E-state index contributed by atoms with van der Waals surface area (Å²) < 4.78 is 0. The molecular formula is C14H16N2. The molecule has 1 aromatic carbocycles. The minimum atomic E-state index is 0.583. The van der Waals surface area contributed by atoms with Crippen molar-refractivity contribution < 1.29 is 0 Å². The van der Waals surface area contributed by atoms with Crippen LogP contribution >= 0.6 is 0 Å². The molecule has 0 aliphatic rings. The van der Waals surface area contributed by atoms with E-state index in [9.17, 15) is 0 Å². The van der Waals surface area contributed by atoms with Gasteiger partial charge in [-0.3, -0.25) is 0 Å². The Morgan fingerprint density at radius 2 is 1.88 bits per heavy atom. The van der Waals surface area contributed by atoms with E-state index in [0.717, 1.165) is 12.8 Å². The first-order valence-corrected chi connectivity index (χ1v) is 5.50. The standard InChI is InChI=1S/C14H16N2/c1-11-3-2-4-12(9-11)5-6-13-7-8-14(15)16-10-13/h2-4,7-10H,5-6H2,1H3,(H2,15,16). The smallest absolute Gasteiger partial charge is 0.123 e. The summed E-state index contributed by atoms with van der Waals surface area (Å²) in [6.45, 7) is 2.12. The summed E-state index contributed by atoms with van der Waals surface area (Å²) in [5.41, 5.74) is 9.46. The normalized spacial score (nSPS) is 10.3. The molecule has 2 aromatic rings.